The molecule has 5 nitrogen and oxygen atoms in total. The van der Waals surface area contributed by atoms with E-state index in [1.165, 1.54) is 0 Å². The average molecular weight is 426 g/mol. The lowest BCUT2D eigenvalue weighted by atomic mass is 10.1. The van der Waals surface area contributed by atoms with Crippen molar-refractivity contribution in [3.8, 4) is 17.2 Å². The van der Waals surface area contributed by atoms with Crippen molar-refractivity contribution in [2.45, 2.75) is 32.4 Å². The Labute approximate surface area is 182 Å². The number of ether oxygens (including phenoxy) is 3. The van der Waals surface area contributed by atoms with Crippen LogP contribution in [0.5, 0.6) is 17.2 Å². The van der Waals surface area contributed by atoms with Crippen LogP contribution in [0.15, 0.2) is 54.0 Å². The maximum Gasteiger partial charge on any atom is 0.335 e. The van der Waals surface area contributed by atoms with Crippen LogP contribution in [0.4, 0.5) is 5.69 Å². The molecule has 30 heavy (non-hydrogen) atoms. The van der Waals surface area contributed by atoms with Crippen LogP contribution in [-0.2, 0) is 10.5 Å². The molecule has 0 N–H and O–H groups in total. The number of nitrogens with zero attached hydrogens (tertiary/aromatic N) is 1. The Morgan fingerprint density at radius 1 is 1.23 bits per heavy atom. The fourth-order valence-corrected chi connectivity index (χ4v) is 4.23. The monoisotopic (exact) mass is 425 g/mol. The predicted molar refractivity (Wildman–Crippen MR) is 122 cm³/mol. The van der Waals surface area contributed by atoms with Crippen molar-refractivity contribution in [3.05, 3.63) is 60.2 Å². The second-order valence-electron chi connectivity index (χ2n) is 6.96. The minimum Gasteiger partial charge on any atom is -0.496 e. The van der Waals surface area contributed by atoms with Crippen molar-refractivity contribution in [1.82, 2.24) is 0 Å². The van der Waals surface area contributed by atoms with Crippen LogP contribution in [0.1, 0.15) is 30.9 Å². The van der Waals surface area contributed by atoms with Gasteiger partial charge in [-0.1, -0.05) is 12.6 Å². The highest BCUT2D eigenvalue weighted by atomic mass is 32.2. The molecule has 0 aliphatic heterocycles. The van der Waals surface area contributed by atoms with Crippen molar-refractivity contribution in [2.75, 3.05) is 13.7 Å². The number of aryl methyl sites for hydroxylation is 1. The normalized spacial score (nSPS) is 13.6. The number of esters is 1. The Bertz CT molecular complexity index is 933. The Hall–Kier alpha value is -2.73. The Morgan fingerprint density at radius 3 is 2.57 bits per heavy atom. The maximum absolute atomic E-state index is 11.8. The molecule has 3 rings (SSSR count). The Morgan fingerprint density at radius 2 is 1.97 bits per heavy atom. The predicted octanol–water partition coefficient (Wildman–Crippen LogP) is 5.87. The molecule has 1 aliphatic carbocycles. The van der Waals surface area contributed by atoms with Crippen LogP contribution < -0.4 is 14.2 Å². The van der Waals surface area contributed by atoms with Crippen LogP contribution in [0.2, 0.25) is 0 Å². The van der Waals surface area contributed by atoms with Crippen LogP contribution in [0, 0.1) is 12.8 Å². The quantitative estimate of drug-likeness (QED) is 0.165. The second kappa shape index (κ2) is 10.3. The molecule has 0 saturated heterocycles. The molecular formula is C24H27NO4S. The lowest BCUT2D eigenvalue weighted by molar-refractivity contribution is -0.129. The molecule has 0 radical (unpaired) electrons. The Balaban J connectivity index is 1.83. The van der Waals surface area contributed by atoms with E-state index in [2.05, 4.69) is 6.58 Å². The zero-order valence-corrected chi connectivity index (χ0v) is 18.5. The molecule has 1 saturated carbocycles. The van der Waals surface area contributed by atoms with Gasteiger partial charge in [0.2, 0.25) is 0 Å². The standard InChI is InChI=1S/C24H27NO4S/c1-5-22(26)29-21-14-7-16(3)23(27-4)20(21)15-30-24(17-8-9-17)25-18-10-12-19(13-11-18)28-6-2/h5,7,10-14,17H,1,6,8-9,15H2,2-4H3. The summed E-state index contributed by atoms with van der Waals surface area (Å²) in [6.07, 6.45) is 3.45. The molecule has 0 atom stereocenters. The van der Waals surface area contributed by atoms with Gasteiger partial charge < -0.3 is 14.2 Å². The number of carbonyl (C=O) groups is 1. The minimum atomic E-state index is -0.488. The SMILES string of the molecule is C=CC(=O)Oc1ccc(C)c(OC)c1CSC(=Nc1ccc(OCC)cc1)C1CC1. The lowest BCUT2D eigenvalue weighted by Gasteiger charge is -2.16. The van der Waals surface area contributed by atoms with Crippen LogP contribution in [0.3, 0.4) is 0 Å². The molecule has 0 bridgehead atoms. The molecule has 2 aromatic rings. The van der Waals surface area contributed by atoms with Gasteiger partial charge in [0, 0.05) is 23.3 Å². The minimum absolute atomic E-state index is 0.483. The first-order valence-electron chi connectivity index (χ1n) is 10.0. The van der Waals surface area contributed by atoms with Crippen molar-refractivity contribution in [3.63, 3.8) is 0 Å². The number of carbonyl (C=O) groups excluding carboxylic acids is 1. The summed E-state index contributed by atoms with van der Waals surface area (Å²) in [7, 11) is 1.63. The van der Waals surface area contributed by atoms with Crippen LogP contribution in [-0.4, -0.2) is 24.7 Å². The summed E-state index contributed by atoms with van der Waals surface area (Å²) in [5, 5.41) is 1.09. The van der Waals surface area contributed by atoms with Gasteiger partial charge in [-0.2, -0.15) is 0 Å². The van der Waals surface area contributed by atoms with Gasteiger partial charge in [-0.25, -0.2) is 9.79 Å². The first-order chi connectivity index (χ1) is 14.5. The van der Waals surface area contributed by atoms with E-state index in [4.69, 9.17) is 19.2 Å². The highest BCUT2D eigenvalue weighted by molar-refractivity contribution is 8.13. The number of thioether (sulfide) groups is 1. The van der Waals surface area contributed by atoms with E-state index < -0.39 is 5.97 Å². The highest BCUT2D eigenvalue weighted by Crippen LogP contribution is 2.41. The van der Waals surface area contributed by atoms with E-state index >= 15 is 0 Å². The highest BCUT2D eigenvalue weighted by Gasteiger charge is 2.29. The summed E-state index contributed by atoms with van der Waals surface area (Å²) in [6, 6.07) is 11.5. The van der Waals surface area contributed by atoms with Gasteiger partial charge in [0.05, 0.1) is 24.4 Å². The van der Waals surface area contributed by atoms with E-state index in [0.29, 0.717) is 24.0 Å². The van der Waals surface area contributed by atoms with Gasteiger partial charge in [-0.05, 0) is 62.6 Å². The zero-order valence-electron chi connectivity index (χ0n) is 17.6. The summed E-state index contributed by atoms with van der Waals surface area (Å²) in [4.78, 5) is 16.6. The molecule has 0 spiro atoms. The van der Waals surface area contributed by atoms with Gasteiger partial charge in [0.25, 0.3) is 0 Å². The number of methoxy groups -OCH3 is 1. The van der Waals surface area contributed by atoms with Gasteiger partial charge in [-0.15, -0.1) is 11.8 Å². The van der Waals surface area contributed by atoms with E-state index in [0.717, 1.165) is 52.3 Å². The van der Waals surface area contributed by atoms with Crippen LogP contribution >= 0.6 is 11.8 Å². The number of hydrogen-bond donors (Lipinski definition) is 0. The summed E-state index contributed by atoms with van der Waals surface area (Å²) in [5.74, 6) is 2.65. The molecule has 6 heteroatoms. The van der Waals surface area contributed by atoms with Crippen molar-refractivity contribution < 1.29 is 19.0 Å². The summed E-state index contributed by atoms with van der Waals surface area (Å²) >= 11 is 1.66. The lowest BCUT2D eigenvalue weighted by Crippen LogP contribution is -2.07. The average Bonchev–Trinajstić information content (AvgIpc) is 3.59. The van der Waals surface area contributed by atoms with E-state index in [1.807, 2.05) is 44.2 Å². The van der Waals surface area contributed by atoms with Crippen molar-refractivity contribution in [1.29, 1.82) is 0 Å². The fourth-order valence-electron chi connectivity index (χ4n) is 3.02. The third-order valence-electron chi connectivity index (χ3n) is 4.67. The molecule has 2 aromatic carbocycles. The summed E-state index contributed by atoms with van der Waals surface area (Å²) < 4.78 is 16.6. The smallest absolute Gasteiger partial charge is 0.335 e. The number of benzene rings is 2. The van der Waals surface area contributed by atoms with Gasteiger partial charge in [0.1, 0.15) is 17.2 Å². The van der Waals surface area contributed by atoms with E-state index in [1.54, 1.807) is 24.9 Å². The number of hydrogen-bond acceptors (Lipinski definition) is 6. The fraction of sp³-hybridized carbons (Fsp3) is 0.333. The van der Waals surface area contributed by atoms with Gasteiger partial charge in [0.15, 0.2) is 0 Å². The van der Waals surface area contributed by atoms with Crippen LogP contribution in [0.25, 0.3) is 0 Å². The molecule has 0 aromatic heterocycles. The second-order valence-corrected chi connectivity index (χ2v) is 7.95. The largest absolute Gasteiger partial charge is 0.496 e. The molecule has 0 amide bonds. The maximum atomic E-state index is 11.8. The first kappa shape index (κ1) is 22.0. The van der Waals surface area contributed by atoms with Gasteiger partial charge >= 0.3 is 5.97 Å². The number of rotatable bonds is 9. The molecule has 1 fully saturated rings. The zero-order chi connectivity index (χ0) is 21.5. The first-order valence-corrected chi connectivity index (χ1v) is 11.0. The van der Waals surface area contributed by atoms with E-state index in [-0.39, 0.29) is 0 Å². The molecule has 0 unspecified atom stereocenters. The Kier molecular flexibility index (Phi) is 7.57. The third-order valence-corrected chi connectivity index (χ3v) is 5.83. The molecular weight excluding hydrogens is 398 g/mol. The van der Waals surface area contributed by atoms with Gasteiger partial charge in [-0.3, -0.25) is 0 Å². The summed E-state index contributed by atoms with van der Waals surface area (Å²) in [5.41, 5.74) is 2.74. The summed E-state index contributed by atoms with van der Waals surface area (Å²) in [6.45, 7) is 8.06. The topological polar surface area (TPSA) is 57.1 Å². The van der Waals surface area contributed by atoms with Crippen molar-refractivity contribution in [2.24, 2.45) is 10.9 Å². The molecule has 1 aliphatic rings. The number of aliphatic imine (C=N–C) groups is 1. The van der Waals surface area contributed by atoms with E-state index in [9.17, 15) is 4.79 Å². The third kappa shape index (κ3) is 5.66. The molecule has 158 valence electrons. The molecule has 0 heterocycles. The van der Waals surface area contributed by atoms with Crippen molar-refractivity contribution >= 4 is 28.5 Å².